The van der Waals surface area contributed by atoms with E-state index in [1.807, 2.05) is 31.2 Å². The van der Waals surface area contributed by atoms with Crippen LogP contribution in [0.5, 0.6) is 0 Å². The molecule has 2 aromatic rings. The Morgan fingerprint density at radius 2 is 2.29 bits per heavy atom. The lowest BCUT2D eigenvalue weighted by atomic mass is 10.3. The Balaban J connectivity index is 2.09. The normalized spacial score (nSPS) is 11.1. The fourth-order valence-electron chi connectivity index (χ4n) is 1.77. The van der Waals surface area contributed by atoms with Gasteiger partial charge in [-0.3, -0.25) is 4.79 Å². The molecule has 112 valence electrons. The van der Waals surface area contributed by atoms with Gasteiger partial charge in [0.05, 0.1) is 16.8 Å². The van der Waals surface area contributed by atoms with Crippen LogP contribution in [-0.2, 0) is 9.53 Å². The Labute approximate surface area is 128 Å². The summed E-state index contributed by atoms with van der Waals surface area (Å²) >= 11 is 1.51. The number of para-hydroxylation sites is 1. The van der Waals surface area contributed by atoms with Crippen molar-refractivity contribution in [3.05, 3.63) is 24.3 Å². The summed E-state index contributed by atoms with van der Waals surface area (Å²) in [4.78, 5) is 16.3. The molecule has 1 aromatic carbocycles. The molecule has 0 aliphatic carbocycles. The third kappa shape index (κ3) is 4.26. The van der Waals surface area contributed by atoms with Crippen LogP contribution >= 0.6 is 11.3 Å². The van der Waals surface area contributed by atoms with Crippen molar-refractivity contribution in [2.75, 3.05) is 18.2 Å². The molecule has 2 rings (SSSR count). The van der Waals surface area contributed by atoms with Gasteiger partial charge in [0, 0.05) is 6.21 Å². The molecule has 0 saturated heterocycles. The van der Waals surface area contributed by atoms with E-state index in [2.05, 4.69) is 17.0 Å². The van der Waals surface area contributed by atoms with Gasteiger partial charge < -0.3 is 4.74 Å². The number of carbonyl (C=O) groups is 1. The molecule has 0 fully saturated rings. The number of anilines is 1. The molecule has 0 N–H and O–H groups in total. The van der Waals surface area contributed by atoms with E-state index in [1.165, 1.54) is 11.3 Å². The molecular formula is C15H19N3O2S. The van der Waals surface area contributed by atoms with E-state index in [1.54, 1.807) is 11.2 Å². The molecule has 0 bridgehead atoms. The van der Waals surface area contributed by atoms with Gasteiger partial charge in [0.25, 0.3) is 0 Å². The Kier molecular flexibility index (Phi) is 5.68. The van der Waals surface area contributed by atoms with Gasteiger partial charge in [-0.15, -0.1) is 0 Å². The second kappa shape index (κ2) is 7.73. The molecule has 0 aliphatic rings. The minimum Gasteiger partial charge on any atom is -0.464 e. The fraction of sp³-hybridized carbons (Fsp3) is 0.400. The number of esters is 1. The van der Waals surface area contributed by atoms with Crippen LogP contribution in [0.2, 0.25) is 0 Å². The Morgan fingerprint density at radius 1 is 1.48 bits per heavy atom. The highest BCUT2D eigenvalue weighted by atomic mass is 32.1. The number of hydrazone groups is 1. The molecule has 0 saturated carbocycles. The Bertz CT molecular complexity index is 591. The zero-order valence-electron chi connectivity index (χ0n) is 12.3. The van der Waals surface area contributed by atoms with E-state index >= 15 is 0 Å². The summed E-state index contributed by atoms with van der Waals surface area (Å²) in [6, 6.07) is 7.86. The average Bonchev–Trinajstić information content (AvgIpc) is 2.91. The number of nitrogens with zero attached hydrogens (tertiary/aromatic N) is 3. The van der Waals surface area contributed by atoms with Crippen LogP contribution in [0.25, 0.3) is 10.2 Å². The van der Waals surface area contributed by atoms with Gasteiger partial charge in [-0.2, -0.15) is 5.10 Å². The lowest BCUT2D eigenvalue weighted by Crippen LogP contribution is -2.26. The van der Waals surface area contributed by atoms with Gasteiger partial charge in [-0.25, -0.2) is 9.99 Å². The fourth-order valence-corrected chi connectivity index (χ4v) is 2.69. The predicted octanol–water partition coefficient (Wildman–Crippen LogP) is 3.45. The van der Waals surface area contributed by atoms with E-state index in [4.69, 9.17) is 4.74 Å². The molecule has 0 amide bonds. The second-order valence-corrected chi connectivity index (χ2v) is 5.48. The van der Waals surface area contributed by atoms with Gasteiger partial charge in [-0.05, 0) is 25.5 Å². The summed E-state index contributed by atoms with van der Waals surface area (Å²) in [6.45, 7) is 4.40. The van der Waals surface area contributed by atoms with Crippen molar-refractivity contribution in [3.63, 3.8) is 0 Å². The summed E-state index contributed by atoms with van der Waals surface area (Å²) in [5, 5.41) is 6.49. The smallest absolute Gasteiger partial charge is 0.327 e. The van der Waals surface area contributed by atoms with E-state index in [9.17, 15) is 4.79 Å². The van der Waals surface area contributed by atoms with E-state index in [0.29, 0.717) is 11.7 Å². The van der Waals surface area contributed by atoms with Crippen molar-refractivity contribution in [3.8, 4) is 0 Å². The highest BCUT2D eigenvalue weighted by molar-refractivity contribution is 7.22. The first kappa shape index (κ1) is 15.4. The summed E-state index contributed by atoms with van der Waals surface area (Å²) in [5.41, 5.74) is 0.910. The number of hydrogen-bond donors (Lipinski definition) is 0. The third-order valence-electron chi connectivity index (χ3n) is 2.80. The summed E-state index contributed by atoms with van der Waals surface area (Å²) < 4.78 is 6.25. The standard InChI is InChI=1S/C15H19N3O2S/c1-3-5-10-20-14(19)11-18(16-4-2)15-17-12-8-6-7-9-13(12)21-15/h4,6-9H,3,5,10-11H2,1-2H3/b16-4+. The number of unbranched alkanes of at least 4 members (excludes halogenated alkanes) is 1. The largest absolute Gasteiger partial charge is 0.464 e. The van der Waals surface area contributed by atoms with Crippen molar-refractivity contribution >= 4 is 38.9 Å². The van der Waals surface area contributed by atoms with Crippen LogP contribution in [0.15, 0.2) is 29.4 Å². The van der Waals surface area contributed by atoms with Crippen LogP contribution in [0, 0.1) is 0 Å². The molecule has 6 heteroatoms. The molecule has 5 nitrogen and oxygen atoms in total. The summed E-state index contributed by atoms with van der Waals surface area (Å²) in [5.74, 6) is -0.284. The number of hydrogen-bond acceptors (Lipinski definition) is 6. The second-order valence-electron chi connectivity index (χ2n) is 4.47. The lowest BCUT2D eigenvalue weighted by molar-refractivity contribution is -0.142. The molecular weight excluding hydrogens is 286 g/mol. The zero-order chi connectivity index (χ0) is 15.1. The maximum Gasteiger partial charge on any atom is 0.327 e. The van der Waals surface area contributed by atoms with Crippen molar-refractivity contribution in [1.29, 1.82) is 0 Å². The molecule has 0 atom stereocenters. The first-order valence-electron chi connectivity index (χ1n) is 7.02. The number of thiazole rings is 1. The molecule has 0 spiro atoms. The predicted molar refractivity (Wildman–Crippen MR) is 87.0 cm³/mol. The van der Waals surface area contributed by atoms with Crippen LogP contribution in [-0.4, -0.2) is 30.3 Å². The van der Waals surface area contributed by atoms with Gasteiger partial charge in [0.2, 0.25) is 5.13 Å². The maximum absolute atomic E-state index is 11.8. The highest BCUT2D eigenvalue weighted by Gasteiger charge is 2.15. The molecule has 0 unspecified atom stereocenters. The van der Waals surface area contributed by atoms with Crippen LogP contribution in [0.1, 0.15) is 26.7 Å². The van der Waals surface area contributed by atoms with Crippen LogP contribution in [0.4, 0.5) is 5.13 Å². The van der Waals surface area contributed by atoms with E-state index < -0.39 is 0 Å². The quantitative estimate of drug-likeness (QED) is 0.340. The number of rotatable bonds is 7. The Hall–Kier alpha value is -1.95. The van der Waals surface area contributed by atoms with Gasteiger partial charge in [0.15, 0.2) is 0 Å². The van der Waals surface area contributed by atoms with Gasteiger partial charge in [-0.1, -0.05) is 36.8 Å². The molecule has 0 aliphatic heterocycles. The molecule has 21 heavy (non-hydrogen) atoms. The Morgan fingerprint density at radius 3 is 3.00 bits per heavy atom. The number of fused-ring (bicyclic) bond motifs is 1. The van der Waals surface area contributed by atoms with Crippen molar-refractivity contribution < 1.29 is 9.53 Å². The number of aromatic nitrogens is 1. The number of ether oxygens (including phenoxy) is 1. The number of benzene rings is 1. The van der Waals surface area contributed by atoms with Crippen molar-refractivity contribution in [2.24, 2.45) is 5.10 Å². The monoisotopic (exact) mass is 305 g/mol. The zero-order valence-corrected chi connectivity index (χ0v) is 13.1. The van der Waals surface area contributed by atoms with Crippen molar-refractivity contribution in [2.45, 2.75) is 26.7 Å². The summed E-state index contributed by atoms with van der Waals surface area (Å²) in [7, 11) is 0. The summed E-state index contributed by atoms with van der Waals surface area (Å²) in [6.07, 6.45) is 3.53. The first-order chi connectivity index (χ1) is 10.2. The van der Waals surface area contributed by atoms with Gasteiger partial charge >= 0.3 is 5.97 Å². The molecule has 1 heterocycles. The van der Waals surface area contributed by atoms with Crippen molar-refractivity contribution in [1.82, 2.24) is 4.98 Å². The minimum absolute atomic E-state index is 0.0773. The molecule has 0 radical (unpaired) electrons. The lowest BCUT2D eigenvalue weighted by Gasteiger charge is -2.14. The minimum atomic E-state index is -0.284. The third-order valence-corrected chi connectivity index (χ3v) is 3.85. The highest BCUT2D eigenvalue weighted by Crippen LogP contribution is 2.28. The van der Waals surface area contributed by atoms with E-state index in [0.717, 1.165) is 23.1 Å². The SMILES string of the molecule is C/C=N/N(CC(=O)OCCCC)c1nc2ccccc2s1. The average molecular weight is 305 g/mol. The van der Waals surface area contributed by atoms with Crippen LogP contribution in [0.3, 0.4) is 0 Å². The topological polar surface area (TPSA) is 54.8 Å². The van der Waals surface area contributed by atoms with Crippen LogP contribution < -0.4 is 5.01 Å². The van der Waals surface area contributed by atoms with Gasteiger partial charge in [0.1, 0.15) is 6.54 Å². The first-order valence-corrected chi connectivity index (χ1v) is 7.83. The molecule has 1 aromatic heterocycles. The number of carbonyl (C=O) groups excluding carboxylic acids is 1. The van der Waals surface area contributed by atoms with E-state index in [-0.39, 0.29) is 12.5 Å². The maximum atomic E-state index is 11.8.